The molecule has 1 aromatic heterocycles. The van der Waals surface area contributed by atoms with E-state index < -0.39 is 23.7 Å². The number of hydrogen-bond donors (Lipinski definition) is 0. The highest BCUT2D eigenvalue weighted by molar-refractivity contribution is 6.31. The molecule has 0 unspecified atom stereocenters. The monoisotopic (exact) mass is 221 g/mol. The van der Waals surface area contributed by atoms with Crippen LogP contribution in [0.3, 0.4) is 0 Å². The van der Waals surface area contributed by atoms with E-state index in [2.05, 4.69) is 9.72 Å². The number of hydrogen-bond acceptors (Lipinski definition) is 3. The Labute approximate surface area is 83.7 Å². The van der Waals surface area contributed by atoms with Crippen molar-refractivity contribution < 1.29 is 18.3 Å². The molecule has 1 aromatic rings. The van der Waals surface area contributed by atoms with Crippen molar-refractivity contribution in [2.24, 2.45) is 0 Å². The van der Waals surface area contributed by atoms with Crippen molar-refractivity contribution in [3.05, 3.63) is 28.5 Å². The van der Waals surface area contributed by atoms with Gasteiger partial charge in [0, 0.05) is 6.20 Å². The van der Waals surface area contributed by atoms with E-state index in [9.17, 15) is 13.6 Å². The van der Waals surface area contributed by atoms with E-state index in [1.54, 1.807) is 0 Å². The molecular formula is C8H6ClF2NO2. The summed E-state index contributed by atoms with van der Waals surface area (Å²) in [5.74, 6) is -0.928. The van der Waals surface area contributed by atoms with E-state index in [4.69, 9.17) is 11.6 Å². The zero-order chi connectivity index (χ0) is 10.7. The largest absolute Gasteiger partial charge is 0.464 e. The van der Waals surface area contributed by atoms with Crippen LogP contribution in [0.1, 0.15) is 22.5 Å². The highest BCUT2D eigenvalue weighted by Crippen LogP contribution is 2.29. The van der Waals surface area contributed by atoms with E-state index in [0.717, 1.165) is 7.11 Å². The van der Waals surface area contributed by atoms with Crippen molar-refractivity contribution in [1.82, 2.24) is 4.98 Å². The van der Waals surface area contributed by atoms with Crippen molar-refractivity contribution in [3.8, 4) is 0 Å². The maximum Gasteiger partial charge on any atom is 0.357 e. The topological polar surface area (TPSA) is 39.2 Å². The van der Waals surface area contributed by atoms with Crippen LogP contribution in [0.5, 0.6) is 0 Å². The highest BCUT2D eigenvalue weighted by atomic mass is 35.5. The zero-order valence-electron chi connectivity index (χ0n) is 7.13. The Hall–Kier alpha value is -1.23. The first kappa shape index (κ1) is 10.8. The van der Waals surface area contributed by atoms with Gasteiger partial charge in [0.1, 0.15) is 0 Å². The van der Waals surface area contributed by atoms with Crippen molar-refractivity contribution in [2.75, 3.05) is 7.11 Å². The first-order valence-corrected chi connectivity index (χ1v) is 3.96. The standard InChI is InChI=1S/C8H6ClF2NO2/c1-14-8(13)6-5(7(10)11)4(9)2-3-12-6/h2-3,7H,1H3. The Balaban J connectivity index is 3.28. The summed E-state index contributed by atoms with van der Waals surface area (Å²) in [6.45, 7) is 0. The molecule has 0 aromatic carbocycles. The fourth-order valence-corrected chi connectivity index (χ4v) is 1.14. The lowest BCUT2D eigenvalue weighted by atomic mass is 10.2. The molecule has 0 aliphatic carbocycles. The second kappa shape index (κ2) is 4.32. The first-order valence-electron chi connectivity index (χ1n) is 3.58. The van der Waals surface area contributed by atoms with Crippen molar-refractivity contribution >= 4 is 17.6 Å². The maximum atomic E-state index is 12.5. The van der Waals surface area contributed by atoms with Crippen LogP contribution >= 0.6 is 11.6 Å². The average Bonchev–Trinajstić information content (AvgIpc) is 2.15. The number of pyridine rings is 1. The summed E-state index contributed by atoms with van der Waals surface area (Å²) in [6, 6.07) is 1.19. The molecule has 0 radical (unpaired) electrons. The number of halogens is 3. The minimum absolute atomic E-state index is 0.199. The lowest BCUT2D eigenvalue weighted by Crippen LogP contribution is -2.09. The molecule has 0 aliphatic heterocycles. The van der Waals surface area contributed by atoms with Gasteiger partial charge in [0.05, 0.1) is 17.7 Å². The minimum Gasteiger partial charge on any atom is -0.464 e. The normalized spacial score (nSPS) is 10.4. The molecule has 0 aliphatic rings. The van der Waals surface area contributed by atoms with Crippen molar-refractivity contribution in [3.63, 3.8) is 0 Å². The smallest absolute Gasteiger partial charge is 0.357 e. The highest BCUT2D eigenvalue weighted by Gasteiger charge is 2.23. The van der Waals surface area contributed by atoms with Gasteiger partial charge in [-0.05, 0) is 6.07 Å². The van der Waals surface area contributed by atoms with Crippen LogP contribution in [0.25, 0.3) is 0 Å². The third kappa shape index (κ3) is 1.98. The van der Waals surface area contributed by atoms with Gasteiger partial charge in [-0.3, -0.25) is 0 Å². The molecular weight excluding hydrogens is 216 g/mol. The molecule has 1 rings (SSSR count). The van der Waals surface area contributed by atoms with Gasteiger partial charge in [-0.15, -0.1) is 0 Å². The molecule has 14 heavy (non-hydrogen) atoms. The van der Waals surface area contributed by atoms with Gasteiger partial charge in [-0.1, -0.05) is 11.6 Å². The molecule has 0 spiro atoms. The Bertz CT molecular complexity index is 357. The van der Waals surface area contributed by atoms with Crippen LogP contribution < -0.4 is 0 Å². The quantitative estimate of drug-likeness (QED) is 0.720. The average molecular weight is 222 g/mol. The summed E-state index contributed by atoms with van der Waals surface area (Å²) in [5.41, 5.74) is -1.05. The van der Waals surface area contributed by atoms with Gasteiger partial charge in [0.15, 0.2) is 5.69 Å². The second-order valence-electron chi connectivity index (χ2n) is 2.35. The number of carbonyl (C=O) groups is 1. The summed E-state index contributed by atoms with van der Waals surface area (Å²) in [7, 11) is 1.08. The Morgan fingerprint density at radius 1 is 1.64 bits per heavy atom. The Morgan fingerprint density at radius 2 is 2.29 bits per heavy atom. The van der Waals surface area contributed by atoms with Crippen LogP contribution in [0.15, 0.2) is 12.3 Å². The minimum atomic E-state index is -2.86. The summed E-state index contributed by atoms with van der Waals surface area (Å²) in [5, 5.41) is -0.199. The number of aromatic nitrogens is 1. The fourth-order valence-electron chi connectivity index (χ4n) is 0.917. The van der Waals surface area contributed by atoms with Gasteiger partial charge in [0.2, 0.25) is 0 Å². The van der Waals surface area contributed by atoms with E-state index >= 15 is 0 Å². The number of ether oxygens (including phenoxy) is 1. The van der Waals surface area contributed by atoms with Gasteiger partial charge < -0.3 is 4.74 Å². The number of nitrogens with zero attached hydrogens (tertiary/aromatic N) is 1. The molecule has 76 valence electrons. The molecule has 0 bridgehead atoms. The maximum absolute atomic E-state index is 12.5. The van der Waals surface area contributed by atoms with Crippen LogP contribution in [-0.2, 0) is 4.74 Å². The number of carbonyl (C=O) groups excluding carboxylic acids is 1. The summed E-state index contributed by atoms with van der Waals surface area (Å²) >= 11 is 5.50. The lowest BCUT2D eigenvalue weighted by Gasteiger charge is -2.06. The molecule has 3 nitrogen and oxygen atoms in total. The van der Waals surface area contributed by atoms with Gasteiger partial charge in [-0.2, -0.15) is 0 Å². The van der Waals surface area contributed by atoms with E-state index in [1.807, 2.05) is 0 Å². The molecule has 0 saturated heterocycles. The second-order valence-corrected chi connectivity index (χ2v) is 2.75. The fraction of sp³-hybridized carbons (Fsp3) is 0.250. The third-order valence-corrected chi connectivity index (χ3v) is 1.86. The third-order valence-electron chi connectivity index (χ3n) is 1.53. The number of methoxy groups -OCH3 is 1. The number of esters is 1. The van der Waals surface area contributed by atoms with E-state index in [1.165, 1.54) is 12.3 Å². The van der Waals surface area contributed by atoms with E-state index in [0.29, 0.717) is 0 Å². The van der Waals surface area contributed by atoms with Crippen LogP contribution in [-0.4, -0.2) is 18.1 Å². The van der Waals surface area contributed by atoms with Gasteiger partial charge in [-0.25, -0.2) is 18.6 Å². The predicted molar refractivity (Wildman–Crippen MR) is 45.5 cm³/mol. The van der Waals surface area contributed by atoms with Crippen LogP contribution in [0.4, 0.5) is 8.78 Å². The van der Waals surface area contributed by atoms with Crippen molar-refractivity contribution in [2.45, 2.75) is 6.43 Å². The number of alkyl halides is 2. The van der Waals surface area contributed by atoms with Crippen LogP contribution in [0, 0.1) is 0 Å². The molecule has 0 amide bonds. The van der Waals surface area contributed by atoms with Crippen molar-refractivity contribution in [1.29, 1.82) is 0 Å². The molecule has 1 heterocycles. The summed E-state index contributed by atoms with van der Waals surface area (Å²) in [4.78, 5) is 14.5. The Kier molecular flexibility index (Phi) is 3.35. The molecule has 0 atom stereocenters. The lowest BCUT2D eigenvalue weighted by molar-refractivity contribution is 0.0581. The van der Waals surface area contributed by atoms with Crippen LogP contribution in [0.2, 0.25) is 5.02 Å². The predicted octanol–water partition coefficient (Wildman–Crippen LogP) is 2.46. The SMILES string of the molecule is COC(=O)c1nccc(Cl)c1C(F)F. The first-order chi connectivity index (χ1) is 6.57. The van der Waals surface area contributed by atoms with E-state index in [-0.39, 0.29) is 5.02 Å². The van der Waals surface area contributed by atoms with Gasteiger partial charge >= 0.3 is 5.97 Å². The zero-order valence-corrected chi connectivity index (χ0v) is 7.89. The number of rotatable bonds is 2. The van der Waals surface area contributed by atoms with Gasteiger partial charge in [0.25, 0.3) is 6.43 Å². The summed E-state index contributed by atoms with van der Waals surface area (Å²) in [6.07, 6.45) is -1.69. The molecule has 0 fully saturated rings. The molecule has 0 saturated carbocycles. The summed E-state index contributed by atoms with van der Waals surface area (Å²) < 4.78 is 29.2. The molecule has 0 N–H and O–H groups in total. The molecule has 6 heteroatoms. The Morgan fingerprint density at radius 3 is 2.79 bits per heavy atom.